The molecule has 0 radical (unpaired) electrons. The second-order valence-electron chi connectivity index (χ2n) is 13.2. The van der Waals surface area contributed by atoms with Crippen LogP contribution in [0.5, 0.6) is 0 Å². The van der Waals surface area contributed by atoms with Crippen LogP contribution in [0.15, 0.2) is 32.0 Å². The highest BCUT2D eigenvalue weighted by molar-refractivity contribution is 8.00. The molecule has 4 heterocycles. The molecule has 0 aromatic carbocycles. The lowest BCUT2D eigenvalue weighted by Gasteiger charge is -2.28. The lowest BCUT2D eigenvalue weighted by atomic mass is 9.89. The molecule has 2 aliphatic heterocycles. The van der Waals surface area contributed by atoms with Crippen LogP contribution in [0.25, 0.3) is 0 Å². The van der Waals surface area contributed by atoms with E-state index >= 15 is 0 Å². The molecular formula is C31H46N6S8. The molecule has 0 saturated carbocycles. The van der Waals surface area contributed by atoms with E-state index in [2.05, 4.69) is 70.2 Å². The smallest absolute Gasteiger partial charge is 0.166 e. The molecule has 0 fully saturated rings. The molecule has 0 spiro atoms. The maximum atomic E-state index is 5.70. The summed E-state index contributed by atoms with van der Waals surface area (Å²) >= 11 is 35.9. The van der Waals surface area contributed by atoms with Crippen molar-refractivity contribution in [3.05, 3.63) is 32.5 Å². The molecule has 4 N–H and O–H groups in total. The number of thiocarbonyl (C=S) groups is 2. The maximum absolute atomic E-state index is 5.70. The molecule has 248 valence electrons. The van der Waals surface area contributed by atoms with Gasteiger partial charge in [-0.1, -0.05) is 52.1 Å². The largest absolute Gasteiger partial charge is 0.363 e. The number of hydrogen-bond donors (Lipinski definition) is 6. The summed E-state index contributed by atoms with van der Waals surface area (Å²) < 4.78 is 6.10. The highest BCUT2D eigenvalue weighted by Crippen LogP contribution is 2.38. The van der Waals surface area contributed by atoms with Crippen molar-refractivity contribution in [3.8, 4) is 0 Å². The van der Waals surface area contributed by atoms with Crippen molar-refractivity contribution in [1.29, 1.82) is 0 Å². The van der Waals surface area contributed by atoms with Crippen molar-refractivity contribution in [1.82, 2.24) is 30.4 Å². The summed E-state index contributed by atoms with van der Waals surface area (Å²) in [6.07, 6.45) is 4.96. The second kappa shape index (κ2) is 16.8. The van der Waals surface area contributed by atoms with E-state index in [1.54, 1.807) is 0 Å². The van der Waals surface area contributed by atoms with Gasteiger partial charge in [0, 0.05) is 60.6 Å². The third-order valence-electron chi connectivity index (χ3n) is 8.18. The van der Waals surface area contributed by atoms with E-state index in [9.17, 15) is 0 Å². The Hall–Kier alpha value is -0.480. The van der Waals surface area contributed by atoms with Crippen LogP contribution in [0.2, 0.25) is 0 Å². The predicted octanol–water partition coefficient (Wildman–Crippen LogP) is 7.47. The van der Waals surface area contributed by atoms with Gasteiger partial charge in [-0.15, -0.1) is 48.8 Å². The van der Waals surface area contributed by atoms with Gasteiger partial charge in [0.2, 0.25) is 0 Å². The van der Waals surface area contributed by atoms with Gasteiger partial charge in [0.1, 0.15) is 9.28 Å². The van der Waals surface area contributed by atoms with Crippen LogP contribution < -0.4 is 21.3 Å². The first-order chi connectivity index (χ1) is 21.3. The number of pyridine rings is 2. The van der Waals surface area contributed by atoms with E-state index in [1.165, 1.54) is 20.9 Å². The van der Waals surface area contributed by atoms with Gasteiger partial charge in [0.15, 0.2) is 10.2 Å². The van der Waals surface area contributed by atoms with Crippen molar-refractivity contribution in [3.63, 3.8) is 0 Å². The number of aromatic nitrogens is 2. The zero-order chi connectivity index (χ0) is 32.8. The molecule has 45 heavy (non-hydrogen) atoms. The number of hydrogen-bond acceptors (Lipinski definition) is 8. The SMILES string of the molecule is CC(C)(CCNC(=S)NCCCNC(=S)NCCC(C)(C)Cn1c(S)c2c(cc1=S)SCC2)Cn1c(S)c2c(cc1=S)SCC2. The topological polar surface area (TPSA) is 58.0 Å². The minimum Gasteiger partial charge on any atom is -0.363 e. The lowest BCUT2D eigenvalue weighted by molar-refractivity contribution is 0.271. The molecule has 0 bridgehead atoms. The molecule has 0 amide bonds. The van der Waals surface area contributed by atoms with Gasteiger partial charge >= 0.3 is 0 Å². The van der Waals surface area contributed by atoms with Crippen molar-refractivity contribution in [2.75, 3.05) is 37.7 Å². The summed E-state index contributed by atoms with van der Waals surface area (Å²) in [5.74, 6) is 2.23. The number of nitrogens with one attached hydrogen (secondary N) is 4. The average Bonchev–Trinajstić information content (AvgIpc) is 3.63. The Kier molecular flexibility index (Phi) is 13.9. The van der Waals surface area contributed by atoms with Gasteiger partial charge in [0.05, 0.1) is 10.1 Å². The predicted molar refractivity (Wildman–Crippen MR) is 213 cm³/mol. The minimum atomic E-state index is 0.0452. The Morgan fingerprint density at radius 1 is 0.711 bits per heavy atom. The molecule has 0 saturated heterocycles. The fourth-order valence-corrected chi connectivity index (χ4v) is 9.93. The molecular weight excluding hydrogens is 713 g/mol. The zero-order valence-corrected chi connectivity index (χ0v) is 33.3. The molecule has 2 aromatic rings. The standard InChI is InChI=1S/C31H46N6S8/c1-30(2,18-36-24(38)16-22-20(26(36)40)6-14-44-22)8-12-34-28(42)32-10-5-11-33-29(43)35-13-9-31(3,4)19-37-25(39)17-23-21(27(37)41)7-15-45-23/h16-17,40-41H,5-15,18-19H2,1-4H3,(H2,32,34,42)(H2,33,35,43). The van der Waals surface area contributed by atoms with Crippen molar-refractivity contribution >= 4 is 108 Å². The van der Waals surface area contributed by atoms with Gasteiger partial charge in [-0.2, -0.15) is 0 Å². The van der Waals surface area contributed by atoms with E-state index in [4.69, 9.17) is 74.1 Å². The van der Waals surface area contributed by atoms with Gasteiger partial charge in [0.25, 0.3) is 0 Å². The molecule has 0 unspecified atom stereocenters. The first-order valence-electron chi connectivity index (χ1n) is 15.5. The number of fused-ring (bicyclic) bond motifs is 2. The van der Waals surface area contributed by atoms with E-state index < -0.39 is 0 Å². The Morgan fingerprint density at radius 2 is 1.09 bits per heavy atom. The van der Waals surface area contributed by atoms with Crippen LogP contribution >= 0.6 is 97.7 Å². The summed E-state index contributed by atoms with van der Waals surface area (Å²) in [6.45, 7) is 13.9. The quantitative estimate of drug-likeness (QED) is 0.0665. The first kappa shape index (κ1) is 37.3. The number of nitrogens with zero attached hydrogens (tertiary/aromatic N) is 2. The Bertz CT molecular complexity index is 1400. The Labute approximate surface area is 309 Å². The Morgan fingerprint density at radius 3 is 1.49 bits per heavy atom. The molecule has 2 aromatic heterocycles. The summed E-state index contributed by atoms with van der Waals surface area (Å²) in [4.78, 5) is 2.59. The van der Waals surface area contributed by atoms with Crippen LogP contribution in [-0.2, 0) is 25.9 Å². The second-order valence-corrected chi connectivity index (χ2v) is 18.0. The van der Waals surface area contributed by atoms with Crippen molar-refractivity contribution in [2.45, 2.75) is 92.7 Å². The molecule has 14 heteroatoms. The average molecular weight is 759 g/mol. The monoisotopic (exact) mass is 758 g/mol. The van der Waals surface area contributed by atoms with Crippen LogP contribution in [0, 0.1) is 20.1 Å². The molecule has 6 nitrogen and oxygen atoms in total. The number of thiol groups is 2. The summed E-state index contributed by atoms with van der Waals surface area (Å²) in [5, 5.41) is 16.8. The van der Waals surface area contributed by atoms with E-state index in [0.29, 0.717) is 10.2 Å². The first-order valence-corrected chi connectivity index (χ1v) is 20.0. The third-order valence-corrected chi connectivity index (χ3v) is 12.6. The maximum Gasteiger partial charge on any atom is 0.166 e. The third kappa shape index (κ3) is 10.8. The van der Waals surface area contributed by atoms with Crippen LogP contribution in [0.3, 0.4) is 0 Å². The number of rotatable bonds is 14. The van der Waals surface area contributed by atoms with Gasteiger partial charge in [-0.25, -0.2) is 0 Å². The van der Waals surface area contributed by atoms with E-state index in [0.717, 1.165) is 102 Å². The summed E-state index contributed by atoms with van der Waals surface area (Å²) in [7, 11) is 0. The fraction of sp³-hybridized carbons (Fsp3) is 0.613. The van der Waals surface area contributed by atoms with Gasteiger partial charge < -0.3 is 30.4 Å². The van der Waals surface area contributed by atoms with Gasteiger partial charge in [-0.3, -0.25) is 0 Å². The fourth-order valence-electron chi connectivity index (χ4n) is 5.53. The van der Waals surface area contributed by atoms with Crippen molar-refractivity contribution in [2.24, 2.45) is 10.8 Å². The van der Waals surface area contributed by atoms with Crippen LogP contribution in [-0.4, -0.2) is 57.0 Å². The summed E-state index contributed by atoms with van der Waals surface area (Å²) in [5.41, 5.74) is 2.77. The highest BCUT2D eigenvalue weighted by atomic mass is 32.2. The minimum absolute atomic E-state index is 0.0452. The summed E-state index contributed by atoms with van der Waals surface area (Å²) in [6, 6.07) is 4.28. The Balaban J connectivity index is 1.07. The zero-order valence-electron chi connectivity index (χ0n) is 26.6. The normalized spacial score (nSPS) is 14.2. The molecule has 2 aliphatic rings. The highest BCUT2D eigenvalue weighted by Gasteiger charge is 2.24. The molecule has 4 rings (SSSR count). The van der Waals surface area contributed by atoms with Gasteiger partial charge in [-0.05, 0) is 90.6 Å². The molecule has 0 atom stereocenters. The van der Waals surface area contributed by atoms with Crippen molar-refractivity contribution < 1.29 is 0 Å². The van der Waals surface area contributed by atoms with E-state index in [1.807, 2.05) is 23.5 Å². The lowest BCUT2D eigenvalue weighted by Crippen LogP contribution is -2.40. The van der Waals surface area contributed by atoms with Crippen LogP contribution in [0.1, 0.15) is 58.1 Å². The van der Waals surface area contributed by atoms with E-state index in [-0.39, 0.29) is 10.8 Å². The number of thioether (sulfide) groups is 2. The van der Waals surface area contributed by atoms with Crippen LogP contribution in [0.4, 0.5) is 0 Å². The molecule has 0 aliphatic carbocycles.